The zero-order chi connectivity index (χ0) is 20.3. The first-order chi connectivity index (χ1) is 13.4. The lowest BCUT2D eigenvalue weighted by molar-refractivity contribution is -0.141. The summed E-state index contributed by atoms with van der Waals surface area (Å²) in [6, 6.07) is 11.4. The fourth-order valence-electron chi connectivity index (χ4n) is 2.94. The molecule has 0 saturated heterocycles. The number of halogens is 2. The minimum atomic E-state index is -0.638. The van der Waals surface area contributed by atoms with Gasteiger partial charge in [0.2, 0.25) is 0 Å². The lowest BCUT2D eigenvalue weighted by Crippen LogP contribution is -2.28. The maximum atomic E-state index is 14.0. The van der Waals surface area contributed by atoms with Crippen molar-refractivity contribution in [2.24, 2.45) is 4.99 Å². The Bertz CT molecular complexity index is 1050. The Kier molecular flexibility index (Phi) is 6.04. The van der Waals surface area contributed by atoms with Gasteiger partial charge in [0.05, 0.1) is 24.0 Å². The van der Waals surface area contributed by atoms with E-state index in [2.05, 4.69) is 26.2 Å². The van der Waals surface area contributed by atoms with E-state index in [4.69, 9.17) is 9.72 Å². The smallest absolute Gasteiger partial charge is 0.327 e. The third-order valence-electron chi connectivity index (χ3n) is 4.28. The second-order valence-corrected chi connectivity index (χ2v) is 7.11. The zero-order valence-electron chi connectivity index (χ0n) is 15.7. The Hall–Kier alpha value is -2.80. The molecule has 0 amide bonds. The van der Waals surface area contributed by atoms with E-state index in [1.807, 2.05) is 24.3 Å². The van der Waals surface area contributed by atoms with Crippen LogP contribution in [0.5, 0.6) is 0 Å². The van der Waals surface area contributed by atoms with Gasteiger partial charge in [-0.2, -0.15) is 0 Å². The van der Waals surface area contributed by atoms with E-state index in [0.29, 0.717) is 27.8 Å². The molecule has 0 bridgehead atoms. The van der Waals surface area contributed by atoms with Crippen LogP contribution in [-0.2, 0) is 9.53 Å². The average molecular weight is 444 g/mol. The standard InChI is InChI=1S/C21H19BrFN3O2/c1-12(21(27)28-3)25-20-16-10-15(23)8-9-18(16)26-19(17(20)11-24-2)13-4-6-14(22)7-5-13/h4-12H,1-3H3,(H,25,26)/t12-/m1/s1. The summed E-state index contributed by atoms with van der Waals surface area (Å²) < 4.78 is 19.7. The maximum absolute atomic E-state index is 14.0. The molecule has 0 unspecified atom stereocenters. The molecule has 0 aliphatic rings. The number of pyridine rings is 1. The average Bonchev–Trinajstić information content (AvgIpc) is 2.69. The Balaban J connectivity index is 2.31. The molecule has 0 saturated carbocycles. The molecule has 2 aromatic carbocycles. The highest BCUT2D eigenvalue weighted by Crippen LogP contribution is 2.34. The molecular weight excluding hydrogens is 425 g/mol. The first kappa shape index (κ1) is 19.9. The highest BCUT2D eigenvalue weighted by Gasteiger charge is 2.20. The van der Waals surface area contributed by atoms with Crippen LogP contribution >= 0.6 is 15.9 Å². The summed E-state index contributed by atoms with van der Waals surface area (Å²) in [6.45, 7) is 1.68. The Morgan fingerprint density at radius 3 is 2.64 bits per heavy atom. The normalized spacial score (nSPS) is 12.3. The van der Waals surface area contributed by atoms with E-state index in [0.717, 1.165) is 10.0 Å². The topological polar surface area (TPSA) is 63.6 Å². The van der Waals surface area contributed by atoms with Gasteiger partial charge in [-0.1, -0.05) is 28.1 Å². The summed E-state index contributed by atoms with van der Waals surface area (Å²) >= 11 is 3.43. The van der Waals surface area contributed by atoms with Crippen molar-refractivity contribution in [2.75, 3.05) is 19.5 Å². The third kappa shape index (κ3) is 4.04. The summed E-state index contributed by atoms with van der Waals surface area (Å²) in [5, 5.41) is 3.72. The minimum absolute atomic E-state index is 0.390. The molecule has 0 radical (unpaired) electrons. The number of anilines is 1. The van der Waals surface area contributed by atoms with Gasteiger partial charge in [0.15, 0.2) is 0 Å². The molecule has 0 spiro atoms. The van der Waals surface area contributed by atoms with Gasteiger partial charge >= 0.3 is 5.97 Å². The highest BCUT2D eigenvalue weighted by atomic mass is 79.9. The Labute approximate surface area is 170 Å². The Morgan fingerprint density at radius 2 is 2.00 bits per heavy atom. The zero-order valence-corrected chi connectivity index (χ0v) is 17.2. The fourth-order valence-corrected chi connectivity index (χ4v) is 3.20. The van der Waals surface area contributed by atoms with Crippen molar-refractivity contribution in [3.05, 3.63) is 58.3 Å². The SMILES string of the molecule is CN=Cc1c(-c2ccc(Br)cc2)nc2ccc(F)cc2c1N[C@H](C)C(=O)OC. The number of aromatic nitrogens is 1. The number of ether oxygens (including phenoxy) is 1. The predicted molar refractivity (Wildman–Crippen MR) is 113 cm³/mol. The molecular formula is C21H19BrFN3O2. The first-order valence-corrected chi connectivity index (χ1v) is 9.39. The van der Waals surface area contributed by atoms with E-state index in [1.165, 1.54) is 19.2 Å². The molecule has 28 heavy (non-hydrogen) atoms. The fraction of sp³-hybridized carbons (Fsp3) is 0.190. The molecule has 3 aromatic rings. The summed E-state index contributed by atoms with van der Waals surface area (Å²) in [5.41, 5.74) is 3.40. The third-order valence-corrected chi connectivity index (χ3v) is 4.80. The van der Waals surface area contributed by atoms with Crippen LogP contribution in [0.25, 0.3) is 22.2 Å². The van der Waals surface area contributed by atoms with Crippen LogP contribution in [0.3, 0.4) is 0 Å². The van der Waals surface area contributed by atoms with Crippen molar-refractivity contribution in [1.82, 2.24) is 4.98 Å². The largest absolute Gasteiger partial charge is 0.467 e. The predicted octanol–water partition coefficient (Wildman–Crippen LogP) is 4.83. The molecule has 7 heteroatoms. The summed E-state index contributed by atoms with van der Waals surface area (Å²) in [6.07, 6.45) is 1.65. The number of rotatable bonds is 5. The number of carbonyl (C=O) groups excluding carboxylic acids is 1. The molecule has 0 aliphatic heterocycles. The quantitative estimate of drug-likeness (QED) is 0.453. The van der Waals surface area contributed by atoms with E-state index >= 15 is 0 Å². The first-order valence-electron chi connectivity index (χ1n) is 8.60. The molecule has 0 fully saturated rings. The van der Waals surface area contributed by atoms with Crippen molar-refractivity contribution in [2.45, 2.75) is 13.0 Å². The van der Waals surface area contributed by atoms with Gasteiger partial charge in [-0.3, -0.25) is 4.99 Å². The number of methoxy groups -OCH3 is 1. The molecule has 3 rings (SSSR count). The molecule has 1 atom stereocenters. The van der Waals surface area contributed by atoms with Gasteiger partial charge in [-0.05, 0) is 37.3 Å². The van der Waals surface area contributed by atoms with Crippen LogP contribution in [0.4, 0.5) is 10.1 Å². The van der Waals surface area contributed by atoms with Crippen LogP contribution in [-0.4, -0.2) is 37.4 Å². The molecule has 1 heterocycles. The number of hydrogen-bond donors (Lipinski definition) is 1. The van der Waals surface area contributed by atoms with Crippen molar-refractivity contribution in [1.29, 1.82) is 0 Å². The van der Waals surface area contributed by atoms with Crippen molar-refractivity contribution in [3.63, 3.8) is 0 Å². The molecule has 144 valence electrons. The number of hydrogen-bond acceptors (Lipinski definition) is 5. The van der Waals surface area contributed by atoms with Crippen molar-refractivity contribution in [3.8, 4) is 11.3 Å². The van der Waals surface area contributed by atoms with Crippen LogP contribution in [0.1, 0.15) is 12.5 Å². The monoisotopic (exact) mass is 443 g/mol. The van der Waals surface area contributed by atoms with E-state index in [-0.39, 0.29) is 5.82 Å². The molecule has 1 aromatic heterocycles. The van der Waals surface area contributed by atoms with Gasteiger partial charge in [0, 0.05) is 34.2 Å². The minimum Gasteiger partial charge on any atom is -0.467 e. The van der Waals surface area contributed by atoms with Crippen molar-refractivity contribution >= 4 is 44.7 Å². The lowest BCUT2D eigenvalue weighted by atomic mass is 10.0. The van der Waals surface area contributed by atoms with Gasteiger partial charge in [-0.15, -0.1) is 0 Å². The van der Waals surface area contributed by atoms with Crippen LogP contribution in [0, 0.1) is 5.82 Å². The highest BCUT2D eigenvalue weighted by molar-refractivity contribution is 9.10. The number of aliphatic imine (C=N–C) groups is 1. The second-order valence-electron chi connectivity index (χ2n) is 6.19. The van der Waals surface area contributed by atoms with Gasteiger partial charge in [-0.25, -0.2) is 14.2 Å². The molecule has 5 nitrogen and oxygen atoms in total. The van der Waals surface area contributed by atoms with E-state index < -0.39 is 12.0 Å². The number of benzene rings is 2. The van der Waals surface area contributed by atoms with Gasteiger partial charge in [0.1, 0.15) is 11.9 Å². The van der Waals surface area contributed by atoms with Gasteiger partial charge < -0.3 is 10.1 Å². The maximum Gasteiger partial charge on any atom is 0.327 e. The van der Waals surface area contributed by atoms with E-state index in [9.17, 15) is 9.18 Å². The summed E-state index contributed by atoms with van der Waals surface area (Å²) in [4.78, 5) is 20.9. The number of fused-ring (bicyclic) bond motifs is 1. The van der Waals surface area contributed by atoms with Gasteiger partial charge in [0.25, 0.3) is 0 Å². The van der Waals surface area contributed by atoms with Crippen LogP contribution in [0.15, 0.2) is 51.9 Å². The molecule has 1 N–H and O–H groups in total. The molecule has 0 aliphatic carbocycles. The Morgan fingerprint density at radius 1 is 1.29 bits per heavy atom. The number of carbonyl (C=O) groups is 1. The summed E-state index contributed by atoms with van der Waals surface area (Å²) in [5.74, 6) is -0.815. The van der Waals surface area contributed by atoms with Crippen LogP contribution < -0.4 is 5.32 Å². The number of nitrogens with zero attached hydrogens (tertiary/aromatic N) is 2. The van der Waals surface area contributed by atoms with Crippen LogP contribution in [0.2, 0.25) is 0 Å². The number of nitrogens with one attached hydrogen (secondary N) is 1. The van der Waals surface area contributed by atoms with Crippen molar-refractivity contribution < 1.29 is 13.9 Å². The lowest BCUT2D eigenvalue weighted by Gasteiger charge is -2.19. The van der Waals surface area contributed by atoms with E-state index in [1.54, 1.807) is 26.3 Å². The summed E-state index contributed by atoms with van der Waals surface area (Å²) in [7, 11) is 2.97. The second kappa shape index (κ2) is 8.48. The number of esters is 1.